The molecule has 4 rings (SSSR count). The number of benzene rings is 3. The first kappa shape index (κ1) is 31.3. The number of rotatable bonds is 12. The van der Waals surface area contributed by atoms with Crippen molar-refractivity contribution in [2.45, 2.75) is 58.8 Å². The third-order valence-electron chi connectivity index (χ3n) is 7.35. The highest BCUT2D eigenvalue weighted by atomic mass is 19.2. The van der Waals surface area contributed by atoms with Gasteiger partial charge < -0.3 is 9.47 Å². The molecule has 0 N–H and O–H groups in total. The number of halogens is 6. The van der Waals surface area contributed by atoms with Crippen molar-refractivity contribution in [3.8, 4) is 22.6 Å². The number of ether oxygens (including phenoxy) is 2. The molecular weight excluding hydrogens is 554 g/mol. The van der Waals surface area contributed by atoms with Crippen molar-refractivity contribution in [2.75, 3.05) is 13.2 Å². The Morgan fingerprint density at radius 3 is 1.74 bits per heavy atom. The highest BCUT2D eigenvalue weighted by molar-refractivity contribution is 5.69. The van der Waals surface area contributed by atoms with Crippen LogP contribution in [0.4, 0.5) is 26.3 Å². The summed E-state index contributed by atoms with van der Waals surface area (Å²) in [4.78, 5) is 0. The predicted octanol–water partition coefficient (Wildman–Crippen LogP) is 10.4. The van der Waals surface area contributed by atoms with Gasteiger partial charge in [-0.15, -0.1) is 0 Å². The molecule has 1 aliphatic carbocycles. The SMILES string of the molecule is CCCCOc1ccc(C2=CCC(/C=C/c3ccc(-c4ccc(OCCCC)c(F)c4F)c(F)c3F)CC2)c(F)c1F. The van der Waals surface area contributed by atoms with E-state index in [0.717, 1.165) is 19.3 Å². The third-order valence-corrected chi connectivity index (χ3v) is 7.35. The van der Waals surface area contributed by atoms with E-state index in [1.54, 1.807) is 6.08 Å². The van der Waals surface area contributed by atoms with Crippen LogP contribution in [0.25, 0.3) is 22.8 Å². The minimum atomic E-state index is -1.31. The fraction of sp³-hybridized carbons (Fsp3) is 0.353. The second-order valence-corrected chi connectivity index (χ2v) is 10.3. The standard InChI is InChI=1S/C34H34F6O2/c1-3-5-19-41-27-17-15-24(30(36)33(27)39)22-10-7-21(8-11-22)9-12-23-13-14-25(31(37)29(23)35)26-16-18-28(34(40)32(26)38)42-20-6-4-2/h9-10,12-18,21H,3-8,11,19-20H2,1-2H3/b12-9+. The zero-order valence-electron chi connectivity index (χ0n) is 23.7. The van der Waals surface area contributed by atoms with Gasteiger partial charge >= 0.3 is 0 Å². The van der Waals surface area contributed by atoms with Crippen LogP contribution in [0.3, 0.4) is 0 Å². The van der Waals surface area contributed by atoms with Gasteiger partial charge in [0.25, 0.3) is 0 Å². The Bertz CT molecular complexity index is 1460. The average molecular weight is 589 g/mol. The van der Waals surface area contributed by atoms with E-state index in [9.17, 15) is 26.3 Å². The predicted molar refractivity (Wildman–Crippen MR) is 153 cm³/mol. The molecule has 1 atom stereocenters. The topological polar surface area (TPSA) is 18.5 Å². The van der Waals surface area contributed by atoms with Crippen molar-refractivity contribution in [1.29, 1.82) is 0 Å². The van der Waals surface area contributed by atoms with Gasteiger partial charge in [0, 0.05) is 22.3 Å². The summed E-state index contributed by atoms with van der Waals surface area (Å²) in [5.74, 6) is -7.42. The highest BCUT2D eigenvalue weighted by Gasteiger charge is 2.22. The molecule has 0 fully saturated rings. The molecule has 0 heterocycles. The van der Waals surface area contributed by atoms with Crippen LogP contribution >= 0.6 is 0 Å². The minimum absolute atomic E-state index is 0.0350. The summed E-state index contributed by atoms with van der Waals surface area (Å²) in [6.45, 7) is 4.43. The van der Waals surface area contributed by atoms with E-state index in [-0.39, 0.29) is 35.2 Å². The van der Waals surface area contributed by atoms with Crippen molar-refractivity contribution < 1.29 is 35.8 Å². The molecule has 1 unspecified atom stereocenters. The van der Waals surface area contributed by atoms with Crippen molar-refractivity contribution in [3.05, 3.63) is 94.6 Å². The second-order valence-electron chi connectivity index (χ2n) is 10.3. The van der Waals surface area contributed by atoms with E-state index >= 15 is 0 Å². The van der Waals surface area contributed by atoms with Crippen molar-refractivity contribution in [3.63, 3.8) is 0 Å². The first-order valence-corrected chi connectivity index (χ1v) is 14.3. The smallest absolute Gasteiger partial charge is 0.201 e. The summed E-state index contributed by atoms with van der Waals surface area (Å²) < 4.78 is 99.0. The molecule has 0 saturated heterocycles. The van der Waals surface area contributed by atoms with Crippen LogP contribution in [-0.4, -0.2) is 13.2 Å². The Hall–Kier alpha value is -3.68. The molecule has 0 aliphatic heterocycles. The van der Waals surface area contributed by atoms with Gasteiger partial charge in [0.05, 0.1) is 13.2 Å². The largest absolute Gasteiger partial charge is 0.490 e. The lowest BCUT2D eigenvalue weighted by atomic mass is 9.86. The van der Waals surface area contributed by atoms with Gasteiger partial charge in [-0.05, 0) is 67.9 Å². The summed E-state index contributed by atoms with van der Waals surface area (Å²) in [5, 5.41) is 0. The van der Waals surface area contributed by atoms with E-state index in [1.165, 1.54) is 42.5 Å². The maximum Gasteiger partial charge on any atom is 0.201 e. The molecule has 8 heteroatoms. The molecule has 2 nitrogen and oxygen atoms in total. The molecule has 42 heavy (non-hydrogen) atoms. The van der Waals surface area contributed by atoms with E-state index in [4.69, 9.17) is 9.47 Å². The van der Waals surface area contributed by atoms with Crippen LogP contribution in [0.2, 0.25) is 0 Å². The van der Waals surface area contributed by atoms with Gasteiger partial charge in [0.1, 0.15) is 0 Å². The Kier molecular flexibility index (Phi) is 10.8. The molecule has 224 valence electrons. The molecule has 0 aromatic heterocycles. The van der Waals surface area contributed by atoms with Gasteiger partial charge in [-0.25, -0.2) is 17.6 Å². The molecule has 0 saturated carbocycles. The Morgan fingerprint density at radius 2 is 1.19 bits per heavy atom. The normalized spacial score (nSPS) is 15.2. The lowest BCUT2D eigenvalue weighted by Crippen LogP contribution is -2.06. The zero-order valence-corrected chi connectivity index (χ0v) is 23.7. The van der Waals surface area contributed by atoms with Gasteiger partial charge in [-0.3, -0.25) is 0 Å². The molecule has 1 aliphatic rings. The fourth-order valence-electron chi connectivity index (χ4n) is 4.81. The van der Waals surface area contributed by atoms with Crippen molar-refractivity contribution >= 4 is 11.6 Å². The number of unbranched alkanes of at least 4 members (excludes halogenated alkanes) is 2. The van der Waals surface area contributed by atoms with Crippen LogP contribution < -0.4 is 9.47 Å². The molecule has 0 bridgehead atoms. The minimum Gasteiger partial charge on any atom is -0.490 e. The molecule has 0 amide bonds. The fourth-order valence-corrected chi connectivity index (χ4v) is 4.81. The summed E-state index contributed by atoms with van der Waals surface area (Å²) in [6, 6.07) is 7.84. The Morgan fingerprint density at radius 1 is 0.667 bits per heavy atom. The third kappa shape index (κ3) is 7.02. The van der Waals surface area contributed by atoms with Crippen LogP contribution in [0.15, 0.2) is 48.6 Å². The maximum absolute atomic E-state index is 15.0. The Labute approximate surface area is 242 Å². The maximum atomic E-state index is 15.0. The number of hydrogen-bond acceptors (Lipinski definition) is 2. The van der Waals surface area contributed by atoms with Crippen molar-refractivity contribution in [1.82, 2.24) is 0 Å². The molecule has 3 aromatic rings. The van der Waals surface area contributed by atoms with E-state index in [0.29, 0.717) is 37.9 Å². The quantitative estimate of drug-likeness (QED) is 0.155. The summed E-state index contributed by atoms with van der Waals surface area (Å²) >= 11 is 0. The monoisotopic (exact) mass is 588 g/mol. The highest BCUT2D eigenvalue weighted by Crippen LogP contribution is 2.36. The summed E-state index contributed by atoms with van der Waals surface area (Å²) in [5.41, 5.74) is 0.0107. The number of allylic oxidation sites excluding steroid dienone is 3. The van der Waals surface area contributed by atoms with Gasteiger partial charge in [0.2, 0.25) is 11.6 Å². The van der Waals surface area contributed by atoms with Crippen LogP contribution in [0.1, 0.15) is 69.9 Å². The molecule has 0 spiro atoms. The van der Waals surface area contributed by atoms with E-state index in [1.807, 2.05) is 19.9 Å². The second kappa shape index (κ2) is 14.5. The summed E-state index contributed by atoms with van der Waals surface area (Å²) in [6.07, 6.45) is 9.66. The Balaban J connectivity index is 1.45. The molecular formula is C34H34F6O2. The first-order chi connectivity index (χ1) is 20.3. The lowest BCUT2D eigenvalue weighted by Gasteiger charge is -2.20. The van der Waals surface area contributed by atoms with Gasteiger partial charge in [-0.1, -0.05) is 57.0 Å². The van der Waals surface area contributed by atoms with Crippen LogP contribution in [-0.2, 0) is 0 Å². The zero-order chi connectivity index (χ0) is 30.2. The van der Waals surface area contributed by atoms with E-state index < -0.39 is 46.0 Å². The lowest BCUT2D eigenvalue weighted by molar-refractivity contribution is 0.288. The first-order valence-electron chi connectivity index (χ1n) is 14.3. The van der Waals surface area contributed by atoms with Gasteiger partial charge in [0.15, 0.2) is 34.8 Å². The molecule has 0 radical (unpaired) electrons. The summed E-state index contributed by atoms with van der Waals surface area (Å²) in [7, 11) is 0. The molecule has 3 aromatic carbocycles. The average Bonchev–Trinajstić information content (AvgIpc) is 2.99. The van der Waals surface area contributed by atoms with Crippen molar-refractivity contribution in [2.24, 2.45) is 5.92 Å². The van der Waals surface area contributed by atoms with E-state index in [2.05, 4.69) is 0 Å². The van der Waals surface area contributed by atoms with Crippen LogP contribution in [0, 0.1) is 40.8 Å². The number of hydrogen-bond donors (Lipinski definition) is 0. The van der Waals surface area contributed by atoms with Gasteiger partial charge in [-0.2, -0.15) is 8.78 Å². The van der Waals surface area contributed by atoms with Crippen LogP contribution in [0.5, 0.6) is 11.5 Å².